The molecule has 0 aliphatic heterocycles. The fourth-order valence-electron chi connectivity index (χ4n) is 3.09. The number of nitrogens with zero attached hydrogens (tertiary/aromatic N) is 3. The van der Waals surface area contributed by atoms with E-state index in [1.165, 1.54) is 10.9 Å². The molecule has 1 aromatic heterocycles. The minimum Gasteiger partial charge on any atom is -0.478 e. The minimum atomic E-state index is -0.800. The summed E-state index contributed by atoms with van der Waals surface area (Å²) in [4.78, 5) is 30.1. The van der Waals surface area contributed by atoms with Crippen LogP contribution in [-0.4, -0.2) is 34.6 Å². The second-order valence-electron chi connectivity index (χ2n) is 8.40. The van der Waals surface area contributed by atoms with E-state index in [-0.39, 0.29) is 12.2 Å². The largest absolute Gasteiger partial charge is 0.478 e. The van der Waals surface area contributed by atoms with Gasteiger partial charge in [-0.3, -0.25) is 4.79 Å². The van der Waals surface area contributed by atoms with Crippen molar-refractivity contribution in [3.05, 3.63) is 67.1 Å². The number of hydrogen-bond donors (Lipinski definition) is 0. The average Bonchev–Trinajstić information content (AvgIpc) is 2.74. The van der Waals surface area contributed by atoms with E-state index in [1.807, 2.05) is 26.8 Å². The Morgan fingerprint density at radius 2 is 1.85 bits per heavy atom. The molecule has 0 aliphatic carbocycles. The Morgan fingerprint density at radius 3 is 2.52 bits per heavy atom. The van der Waals surface area contributed by atoms with Crippen LogP contribution < -0.4 is 10.3 Å². The highest BCUT2D eigenvalue weighted by Crippen LogP contribution is 2.25. The second-order valence-corrected chi connectivity index (χ2v) is 10.2. The highest BCUT2D eigenvalue weighted by atomic mass is 79.9. The van der Waals surface area contributed by atoms with Crippen LogP contribution in [0, 0.1) is 0 Å². The van der Waals surface area contributed by atoms with Crippen molar-refractivity contribution < 1.29 is 14.3 Å². The molecule has 3 rings (SSSR count). The lowest BCUT2D eigenvalue weighted by Crippen LogP contribution is -2.29. The van der Waals surface area contributed by atoms with Gasteiger partial charge >= 0.3 is 5.97 Å². The van der Waals surface area contributed by atoms with Gasteiger partial charge in [0.25, 0.3) is 5.56 Å². The Kier molecular flexibility index (Phi) is 7.74. The number of carbonyl (C=O) groups excluding carboxylic acids is 1. The summed E-state index contributed by atoms with van der Waals surface area (Å²) in [6, 6.07) is 10.7. The third-order valence-electron chi connectivity index (χ3n) is 4.69. The maximum atomic E-state index is 13.3. The van der Waals surface area contributed by atoms with E-state index in [0.717, 1.165) is 8.95 Å². The first-order valence-corrected chi connectivity index (χ1v) is 12.0. The van der Waals surface area contributed by atoms with Gasteiger partial charge in [0.1, 0.15) is 11.6 Å². The average molecular weight is 579 g/mol. The third-order valence-corrected chi connectivity index (χ3v) is 5.67. The predicted molar refractivity (Wildman–Crippen MR) is 136 cm³/mol. The summed E-state index contributed by atoms with van der Waals surface area (Å²) in [6.45, 7) is 9.54. The van der Waals surface area contributed by atoms with E-state index in [2.05, 4.69) is 37.0 Å². The summed E-state index contributed by atoms with van der Waals surface area (Å²) in [5.74, 6) is 0.499. The van der Waals surface area contributed by atoms with Crippen molar-refractivity contribution >= 4 is 54.9 Å². The first kappa shape index (κ1) is 25.1. The maximum Gasteiger partial charge on any atom is 0.347 e. The van der Waals surface area contributed by atoms with Gasteiger partial charge in [0.05, 0.1) is 23.7 Å². The molecule has 9 heteroatoms. The van der Waals surface area contributed by atoms with Crippen molar-refractivity contribution in [3.63, 3.8) is 0 Å². The van der Waals surface area contributed by atoms with Gasteiger partial charge in [-0.1, -0.05) is 52.6 Å². The smallest absolute Gasteiger partial charge is 0.347 e. The molecule has 7 nitrogen and oxygen atoms in total. The standard InChI is InChI=1S/C24H25Br2N3O4/c1-6-32-22(31)14(2)33-20-10-8-16(25)11-15(20)13-27-29-21(30)18-12-17(26)7-9-19(18)28-23(29)24(3,4)5/h7-14H,6H2,1-5H3/t14-/m1/s1. The number of halogens is 2. The molecule has 0 saturated heterocycles. The molecule has 0 bridgehead atoms. The zero-order chi connectivity index (χ0) is 24.3. The van der Waals surface area contributed by atoms with Crippen LogP contribution in [0.15, 0.2) is 55.2 Å². The van der Waals surface area contributed by atoms with E-state index in [1.54, 1.807) is 44.2 Å². The lowest BCUT2D eigenvalue weighted by molar-refractivity contribution is -0.150. The van der Waals surface area contributed by atoms with Gasteiger partial charge < -0.3 is 9.47 Å². The van der Waals surface area contributed by atoms with Gasteiger partial charge in [-0.15, -0.1) is 0 Å². The van der Waals surface area contributed by atoms with Crippen LogP contribution in [0.25, 0.3) is 10.9 Å². The van der Waals surface area contributed by atoms with Crippen LogP contribution in [-0.2, 0) is 14.9 Å². The molecule has 0 spiro atoms. The summed E-state index contributed by atoms with van der Waals surface area (Å²) >= 11 is 6.86. The van der Waals surface area contributed by atoms with Gasteiger partial charge in [-0.2, -0.15) is 9.78 Å². The molecule has 33 heavy (non-hydrogen) atoms. The predicted octanol–water partition coefficient (Wildman–Crippen LogP) is 5.43. The summed E-state index contributed by atoms with van der Waals surface area (Å²) in [5, 5.41) is 4.95. The summed E-state index contributed by atoms with van der Waals surface area (Å²) in [6.07, 6.45) is 0.728. The molecule has 0 unspecified atom stereocenters. The molecule has 0 saturated carbocycles. The Labute approximate surface area is 209 Å². The monoisotopic (exact) mass is 577 g/mol. The molecule has 174 valence electrons. The highest BCUT2D eigenvalue weighted by molar-refractivity contribution is 9.10. The van der Waals surface area contributed by atoms with Crippen LogP contribution in [0.3, 0.4) is 0 Å². The molecule has 1 heterocycles. The topological polar surface area (TPSA) is 82.8 Å². The van der Waals surface area contributed by atoms with Crippen LogP contribution >= 0.6 is 31.9 Å². The first-order chi connectivity index (χ1) is 15.5. The fraction of sp³-hybridized carbons (Fsp3) is 0.333. The Hall–Kier alpha value is -2.52. The number of esters is 1. The van der Waals surface area contributed by atoms with Crippen molar-refractivity contribution in [1.82, 2.24) is 9.66 Å². The van der Waals surface area contributed by atoms with Gasteiger partial charge in [0, 0.05) is 19.9 Å². The van der Waals surface area contributed by atoms with Gasteiger partial charge in [0.2, 0.25) is 0 Å². The molecule has 0 radical (unpaired) electrons. The number of rotatable bonds is 6. The molecule has 0 aliphatic rings. The van der Waals surface area contributed by atoms with Crippen molar-refractivity contribution in [2.24, 2.45) is 5.10 Å². The molecule has 0 fully saturated rings. The van der Waals surface area contributed by atoms with Crippen molar-refractivity contribution in [2.75, 3.05) is 6.61 Å². The minimum absolute atomic E-state index is 0.269. The van der Waals surface area contributed by atoms with Crippen molar-refractivity contribution in [3.8, 4) is 5.75 Å². The van der Waals surface area contributed by atoms with E-state index >= 15 is 0 Å². The summed E-state index contributed by atoms with van der Waals surface area (Å²) in [5.41, 5.74) is 0.475. The normalized spacial score (nSPS) is 12.8. The van der Waals surface area contributed by atoms with Gasteiger partial charge in [0.15, 0.2) is 6.10 Å². The quantitative estimate of drug-likeness (QED) is 0.288. The zero-order valence-corrected chi connectivity index (χ0v) is 22.2. The van der Waals surface area contributed by atoms with E-state index in [4.69, 9.17) is 14.5 Å². The van der Waals surface area contributed by atoms with Crippen molar-refractivity contribution in [1.29, 1.82) is 0 Å². The molecule has 2 aromatic carbocycles. The lowest BCUT2D eigenvalue weighted by atomic mass is 9.95. The van der Waals surface area contributed by atoms with Crippen LogP contribution in [0.4, 0.5) is 0 Å². The van der Waals surface area contributed by atoms with Crippen molar-refractivity contribution in [2.45, 2.75) is 46.1 Å². The molecular formula is C24H25Br2N3O4. The molecule has 0 N–H and O–H groups in total. The Balaban J connectivity index is 2.11. The Morgan fingerprint density at radius 1 is 1.18 bits per heavy atom. The van der Waals surface area contributed by atoms with Crippen LogP contribution in [0.1, 0.15) is 46.0 Å². The van der Waals surface area contributed by atoms with Crippen LogP contribution in [0.2, 0.25) is 0 Å². The molecule has 0 amide bonds. The highest BCUT2D eigenvalue weighted by Gasteiger charge is 2.23. The van der Waals surface area contributed by atoms with E-state index < -0.39 is 17.5 Å². The van der Waals surface area contributed by atoms with E-state index in [0.29, 0.717) is 28.0 Å². The number of benzene rings is 2. The molecule has 1 atom stereocenters. The van der Waals surface area contributed by atoms with Gasteiger partial charge in [-0.05, 0) is 50.2 Å². The summed E-state index contributed by atoms with van der Waals surface area (Å²) < 4.78 is 13.7. The van der Waals surface area contributed by atoms with Gasteiger partial charge in [-0.25, -0.2) is 9.78 Å². The lowest BCUT2D eigenvalue weighted by Gasteiger charge is -2.21. The fourth-order valence-corrected chi connectivity index (χ4v) is 3.83. The number of carbonyl (C=O) groups is 1. The number of ether oxygens (including phenoxy) is 2. The van der Waals surface area contributed by atoms with Crippen LogP contribution in [0.5, 0.6) is 5.75 Å². The number of hydrogen-bond acceptors (Lipinski definition) is 6. The Bertz CT molecular complexity index is 1280. The third kappa shape index (κ3) is 5.89. The number of fused-ring (bicyclic) bond motifs is 1. The molecule has 3 aromatic rings. The summed E-state index contributed by atoms with van der Waals surface area (Å²) in [7, 11) is 0. The van der Waals surface area contributed by atoms with E-state index in [9.17, 15) is 9.59 Å². The SMILES string of the molecule is CCOC(=O)[C@@H](C)Oc1ccc(Br)cc1C=Nn1c(C(C)(C)C)nc2ccc(Br)cc2c1=O. The zero-order valence-electron chi connectivity index (χ0n) is 19.1. The first-order valence-electron chi connectivity index (χ1n) is 10.4. The second kappa shape index (κ2) is 10.2. The molecular weight excluding hydrogens is 554 g/mol. The number of aromatic nitrogens is 2. The maximum absolute atomic E-state index is 13.3.